The van der Waals surface area contributed by atoms with Crippen LogP contribution in [0.4, 0.5) is 4.39 Å². The van der Waals surface area contributed by atoms with Crippen molar-refractivity contribution in [1.29, 1.82) is 0 Å². The first-order valence-electron chi connectivity index (χ1n) is 8.67. The summed E-state index contributed by atoms with van der Waals surface area (Å²) in [6, 6.07) is 12.7. The first-order valence-corrected chi connectivity index (χ1v) is 9.65. The fourth-order valence-corrected chi connectivity index (χ4v) is 3.63. The van der Waals surface area contributed by atoms with Crippen molar-refractivity contribution in [2.24, 2.45) is 0 Å². The Hall–Kier alpha value is -2.60. The van der Waals surface area contributed by atoms with E-state index in [9.17, 15) is 4.39 Å². The second kappa shape index (κ2) is 8.86. The van der Waals surface area contributed by atoms with Crippen LogP contribution in [0.3, 0.4) is 0 Å². The molecule has 0 N–H and O–H groups in total. The highest BCUT2D eigenvalue weighted by molar-refractivity contribution is 7.98. The fourth-order valence-electron chi connectivity index (χ4n) is 2.72. The van der Waals surface area contributed by atoms with Crippen LogP contribution < -0.4 is 4.74 Å². The summed E-state index contributed by atoms with van der Waals surface area (Å²) >= 11 is 1.52. The van der Waals surface area contributed by atoms with Gasteiger partial charge in [-0.25, -0.2) is 4.39 Å². The predicted molar refractivity (Wildman–Crippen MR) is 106 cm³/mol. The number of halogens is 1. The lowest BCUT2D eigenvalue weighted by molar-refractivity contribution is 0.287. The first-order chi connectivity index (χ1) is 13.1. The maximum absolute atomic E-state index is 13.3. The number of hydrogen-bond donors (Lipinski definition) is 0. The minimum atomic E-state index is -0.233. The molecule has 0 saturated heterocycles. The molecule has 0 aliphatic heterocycles. The van der Waals surface area contributed by atoms with E-state index >= 15 is 0 Å². The third-order valence-electron chi connectivity index (χ3n) is 4.05. The van der Waals surface area contributed by atoms with Crippen molar-refractivity contribution in [3.63, 3.8) is 0 Å². The number of thioether (sulfide) groups is 1. The fraction of sp³-hybridized carbons (Fsp3) is 0.238. The van der Waals surface area contributed by atoms with Crippen molar-refractivity contribution in [2.45, 2.75) is 37.9 Å². The van der Waals surface area contributed by atoms with Crippen molar-refractivity contribution < 1.29 is 9.13 Å². The molecule has 3 aromatic rings. The Morgan fingerprint density at radius 3 is 2.78 bits per heavy atom. The van der Waals surface area contributed by atoms with Gasteiger partial charge in [0.1, 0.15) is 18.2 Å². The van der Waals surface area contributed by atoms with Crippen molar-refractivity contribution in [3.05, 3.63) is 83.5 Å². The van der Waals surface area contributed by atoms with E-state index in [2.05, 4.69) is 29.8 Å². The minimum Gasteiger partial charge on any atom is -0.485 e. The average Bonchev–Trinajstić information content (AvgIpc) is 3.01. The molecular formula is C21H22FN3OS. The van der Waals surface area contributed by atoms with Gasteiger partial charge < -0.3 is 4.74 Å². The SMILES string of the molecule is C=CCn1c(COc2ccc(C)cc2C)nnc1SCc1cccc(F)c1. The van der Waals surface area contributed by atoms with Crippen LogP contribution in [0.5, 0.6) is 5.75 Å². The average molecular weight is 383 g/mol. The van der Waals surface area contributed by atoms with Gasteiger partial charge in [-0.15, -0.1) is 16.8 Å². The lowest BCUT2D eigenvalue weighted by Gasteiger charge is -2.11. The number of hydrogen-bond acceptors (Lipinski definition) is 4. The molecule has 0 fully saturated rings. The Balaban J connectivity index is 1.71. The molecule has 1 heterocycles. The standard InChI is InChI=1S/C21H22FN3OS/c1-4-10-25-20(13-26-19-9-8-15(2)11-16(19)3)23-24-21(25)27-14-17-6-5-7-18(22)12-17/h4-9,11-12H,1,10,13-14H2,2-3H3. The number of allylic oxidation sites excluding steroid dienone is 1. The molecule has 2 aromatic carbocycles. The molecule has 3 rings (SSSR count). The van der Waals surface area contributed by atoms with Crippen LogP contribution >= 0.6 is 11.8 Å². The second-order valence-electron chi connectivity index (χ2n) is 6.27. The van der Waals surface area contributed by atoms with Gasteiger partial charge in [0.05, 0.1) is 0 Å². The van der Waals surface area contributed by atoms with Crippen molar-refractivity contribution >= 4 is 11.8 Å². The van der Waals surface area contributed by atoms with E-state index in [0.29, 0.717) is 18.9 Å². The molecule has 140 valence electrons. The van der Waals surface area contributed by atoms with Crippen LogP contribution in [0.1, 0.15) is 22.5 Å². The van der Waals surface area contributed by atoms with E-state index in [-0.39, 0.29) is 5.82 Å². The summed E-state index contributed by atoms with van der Waals surface area (Å²) in [5, 5.41) is 9.31. The monoisotopic (exact) mass is 383 g/mol. The third-order valence-corrected chi connectivity index (χ3v) is 5.09. The van der Waals surface area contributed by atoms with Crippen molar-refractivity contribution in [3.8, 4) is 5.75 Å². The number of aromatic nitrogens is 3. The number of benzene rings is 2. The van der Waals surface area contributed by atoms with Crippen molar-refractivity contribution in [2.75, 3.05) is 0 Å². The van der Waals surface area contributed by atoms with E-state index in [1.807, 2.05) is 29.7 Å². The summed E-state index contributed by atoms with van der Waals surface area (Å²) in [6.07, 6.45) is 1.80. The molecule has 0 spiro atoms. The summed E-state index contributed by atoms with van der Waals surface area (Å²) in [6.45, 7) is 8.81. The largest absolute Gasteiger partial charge is 0.485 e. The zero-order valence-electron chi connectivity index (χ0n) is 15.5. The van der Waals surface area contributed by atoms with Gasteiger partial charge in [-0.2, -0.15) is 0 Å². The highest BCUT2D eigenvalue weighted by atomic mass is 32.2. The smallest absolute Gasteiger partial charge is 0.191 e. The van der Waals surface area contributed by atoms with Crippen LogP contribution in [-0.2, 0) is 18.9 Å². The lowest BCUT2D eigenvalue weighted by Crippen LogP contribution is -2.08. The maximum atomic E-state index is 13.3. The van der Waals surface area contributed by atoms with Gasteiger partial charge in [0.2, 0.25) is 0 Å². The highest BCUT2D eigenvalue weighted by Gasteiger charge is 2.13. The normalized spacial score (nSPS) is 10.8. The minimum absolute atomic E-state index is 0.233. The summed E-state index contributed by atoms with van der Waals surface area (Å²) in [4.78, 5) is 0. The Morgan fingerprint density at radius 2 is 2.04 bits per heavy atom. The molecule has 0 unspecified atom stereocenters. The van der Waals surface area contributed by atoms with Gasteiger partial charge in [0.25, 0.3) is 0 Å². The van der Waals surface area contributed by atoms with E-state index < -0.39 is 0 Å². The van der Waals surface area contributed by atoms with E-state index in [4.69, 9.17) is 4.74 Å². The van der Waals surface area contributed by atoms with Gasteiger partial charge in [-0.3, -0.25) is 4.57 Å². The molecule has 0 bridgehead atoms. The zero-order chi connectivity index (χ0) is 19.2. The summed E-state index contributed by atoms with van der Waals surface area (Å²) in [7, 11) is 0. The van der Waals surface area contributed by atoms with Crippen LogP contribution in [0.25, 0.3) is 0 Å². The van der Waals surface area contributed by atoms with E-state index in [1.54, 1.807) is 12.1 Å². The lowest BCUT2D eigenvalue weighted by atomic mass is 10.1. The van der Waals surface area contributed by atoms with Gasteiger partial charge in [0.15, 0.2) is 11.0 Å². The number of aryl methyl sites for hydroxylation is 2. The van der Waals surface area contributed by atoms with Crippen LogP contribution in [0, 0.1) is 19.7 Å². The van der Waals surface area contributed by atoms with Crippen molar-refractivity contribution in [1.82, 2.24) is 14.8 Å². The third kappa shape index (κ3) is 4.98. The Labute approximate surface area is 163 Å². The molecule has 0 atom stereocenters. The zero-order valence-corrected chi connectivity index (χ0v) is 16.3. The van der Waals surface area contributed by atoms with Crippen LogP contribution in [0.15, 0.2) is 60.3 Å². The second-order valence-corrected chi connectivity index (χ2v) is 7.22. The van der Waals surface area contributed by atoms with E-state index in [1.165, 1.54) is 29.5 Å². The molecule has 0 saturated carbocycles. The number of nitrogens with zero attached hydrogens (tertiary/aromatic N) is 3. The molecule has 0 radical (unpaired) electrons. The van der Waals surface area contributed by atoms with Crippen LogP contribution in [0.2, 0.25) is 0 Å². The quantitative estimate of drug-likeness (QED) is 0.401. The highest BCUT2D eigenvalue weighted by Crippen LogP contribution is 2.24. The summed E-state index contributed by atoms with van der Waals surface area (Å²) < 4.78 is 21.3. The first kappa shape index (κ1) is 19.2. The Morgan fingerprint density at radius 1 is 1.19 bits per heavy atom. The molecule has 0 amide bonds. The molecule has 0 aliphatic carbocycles. The number of ether oxygens (including phenoxy) is 1. The molecule has 0 aliphatic rings. The van der Waals surface area contributed by atoms with E-state index in [0.717, 1.165) is 27.9 Å². The van der Waals surface area contributed by atoms with Gasteiger partial charge in [-0.05, 0) is 43.2 Å². The Bertz CT molecular complexity index is 939. The molecule has 27 heavy (non-hydrogen) atoms. The summed E-state index contributed by atoms with van der Waals surface area (Å²) in [5.74, 6) is 1.95. The Kier molecular flexibility index (Phi) is 6.29. The van der Waals surface area contributed by atoms with Gasteiger partial charge >= 0.3 is 0 Å². The number of rotatable bonds is 8. The van der Waals surface area contributed by atoms with Gasteiger partial charge in [0, 0.05) is 12.3 Å². The molecule has 1 aromatic heterocycles. The van der Waals surface area contributed by atoms with Gasteiger partial charge in [-0.1, -0.05) is 47.7 Å². The predicted octanol–water partition coefficient (Wildman–Crippen LogP) is 5.09. The molecule has 6 heteroatoms. The molecular weight excluding hydrogens is 361 g/mol. The topological polar surface area (TPSA) is 39.9 Å². The molecule has 4 nitrogen and oxygen atoms in total. The maximum Gasteiger partial charge on any atom is 0.191 e. The summed E-state index contributed by atoms with van der Waals surface area (Å²) in [5.41, 5.74) is 3.19. The van der Waals surface area contributed by atoms with Crippen LogP contribution in [-0.4, -0.2) is 14.8 Å².